The van der Waals surface area contributed by atoms with Crippen LogP contribution in [0.4, 0.5) is 5.69 Å². The Labute approximate surface area is 147 Å². The smallest absolute Gasteiger partial charge is 0.770 e. The molecule has 0 aliphatic carbocycles. The quantitative estimate of drug-likeness (QED) is 0.307. The van der Waals surface area contributed by atoms with Crippen LogP contribution >= 0.6 is 0 Å². The Kier molecular flexibility index (Phi) is 3.99. The van der Waals surface area contributed by atoms with Crippen molar-refractivity contribution in [3.63, 3.8) is 0 Å². The van der Waals surface area contributed by atoms with Crippen LogP contribution in [0.5, 0.6) is 0 Å². The van der Waals surface area contributed by atoms with Crippen LogP contribution < -0.4 is 10.5 Å². The SMILES string of the molecule is [N-]=c1oc2ccc([N+](=O)[O-])cc2cc1-c1nc2ccccc2[n-]1.[Zn+2]. The summed E-state index contributed by atoms with van der Waals surface area (Å²) in [6.07, 6.45) is 0. The van der Waals surface area contributed by atoms with Gasteiger partial charge in [0.15, 0.2) is 0 Å². The summed E-state index contributed by atoms with van der Waals surface area (Å²) in [6.45, 7) is 0. The second-order valence-electron chi connectivity index (χ2n) is 4.98. The number of nitro benzene ring substituents is 1. The van der Waals surface area contributed by atoms with Crippen molar-refractivity contribution in [2.24, 2.45) is 0 Å². The van der Waals surface area contributed by atoms with Gasteiger partial charge >= 0.3 is 19.5 Å². The van der Waals surface area contributed by atoms with E-state index in [9.17, 15) is 15.5 Å². The van der Waals surface area contributed by atoms with Crippen LogP contribution in [0.15, 0.2) is 52.9 Å². The van der Waals surface area contributed by atoms with Gasteiger partial charge in [-0.25, -0.2) is 0 Å². The van der Waals surface area contributed by atoms with E-state index in [1.807, 2.05) is 24.3 Å². The van der Waals surface area contributed by atoms with Crippen molar-refractivity contribution in [2.75, 3.05) is 0 Å². The van der Waals surface area contributed by atoms with Crippen molar-refractivity contribution in [1.29, 1.82) is 0 Å². The number of nitro groups is 1. The second kappa shape index (κ2) is 5.98. The second-order valence-corrected chi connectivity index (χ2v) is 4.98. The fourth-order valence-electron chi connectivity index (χ4n) is 2.42. The first-order valence-electron chi connectivity index (χ1n) is 6.76. The predicted octanol–water partition coefficient (Wildman–Crippen LogP) is 2.98. The number of non-ortho nitro benzene ring substituents is 1. The van der Waals surface area contributed by atoms with Gasteiger partial charge in [-0.2, -0.15) is 0 Å². The van der Waals surface area contributed by atoms with Gasteiger partial charge in [0.1, 0.15) is 5.58 Å². The van der Waals surface area contributed by atoms with Crippen LogP contribution in [0.1, 0.15) is 0 Å². The number of benzene rings is 2. The van der Waals surface area contributed by atoms with E-state index in [4.69, 9.17) is 4.42 Å². The van der Waals surface area contributed by atoms with E-state index in [-0.39, 0.29) is 36.3 Å². The largest absolute Gasteiger partial charge is 2.00 e. The van der Waals surface area contributed by atoms with Gasteiger partial charge in [-0.1, -0.05) is 24.3 Å². The summed E-state index contributed by atoms with van der Waals surface area (Å²) in [4.78, 5) is 19.1. The summed E-state index contributed by atoms with van der Waals surface area (Å²) in [5, 5.41) is 21.5. The maximum absolute atomic E-state index is 10.9. The number of hydrogen-bond donors (Lipinski definition) is 0. The van der Waals surface area contributed by atoms with E-state index in [2.05, 4.69) is 9.97 Å². The standard InChI is InChI=1S/C16H8N4O3.Zn/c17-15-11(16-18-12-3-1-2-4-13(12)19-16)8-9-7-10(20(21)22)5-6-14(9)23-15;/h1-8H;/q-2;+2. The molecule has 2 aromatic carbocycles. The van der Waals surface area contributed by atoms with Crippen molar-refractivity contribution in [2.45, 2.75) is 0 Å². The van der Waals surface area contributed by atoms with Crippen molar-refractivity contribution < 1.29 is 28.8 Å². The summed E-state index contributed by atoms with van der Waals surface area (Å²) in [6, 6.07) is 13.0. The third-order valence-electron chi connectivity index (χ3n) is 3.52. The van der Waals surface area contributed by atoms with Crippen LogP contribution in [-0.4, -0.2) is 9.91 Å². The number of para-hydroxylation sites is 2. The predicted molar refractivity (Wildman–Crippen MR) is 83.4 cm³/mol. The van der Waals surface area contributed by atoms with E-state index >= 15 is 0 Å². The molecule has 0 amide bonds. The van der Waals surface area contributed by atoms with Crippen LogP contribution in [0.2, 0.25) is 0 Å². The van der Waals surface area contributed by atoms with Gasteiger partial charge in [-0.05, 0) is 34.6 Å². The number of nitrogens with zero attached hydrogens (tertiary/aromatic N) is 4. The molecule has 0 fully saturated rings. The van der Waals surface area contributed by atoms with E-state index in [0.29, 0.717) is 27.8 Å². The zero-order valence-corrected chi connectivity index (χ0v) is 15.3. The molecular formula is C16H8N4O3Zn. The third kappa shape index (κ3) is 2.61. The van der Waals surface area contributed by atoms with E-state index in [1.165, 1.54) is 18.2 Å². The van der Waals surface area contributed by atoms with E-state index in [1.54, 1.807) is 6.07 Å². The van der Waals surface area contributed by atoms with Crippen LogP contribution in [0, 0.1) is 10.1 Å². The van der Waals surface area contributed by atoms with Gasteiger partial charge in [0.05, 0.1) is 4.92 Å². The molecule has 7 nitrogen and oxygen atoms in total. The Morgan fingerprint density at radius 1 is 1.17 bits per heavy atom. The molecule has 0 saturated heterocycles. The van der Waals surface area contributed by atoms with Gasteiger partial charge in [0, 0.05) is 23.1 Å². The molecule has 0 atom stereocenters. The number of rotatable bonds is 2. The Hall–Kier alpha value is -2.86. The van der Waals surface area contributed by atoms with Crippen molar-refractivity contribution in [3.8, 4) is 11.4 Å². The van der Waals surface area contributed by atoms with Crippen molar-refractivity contribution in [3.05, 3.63) is 69.6 Å². The molecular weight excluding hydrogens is 362 g/mol. The van der Waals surface area contributed by atoms with Gasteiger partial charge < -0.3 is 19.8 Å². The van der Waals surface area contributed by atoms with Gasteiger partial charge in [0.2, 0.25) is 0 Å². The summed E-state index contributed by atoms with van der Waals surface area (Å²) in [5.41, 5.74) is 1.63. The van der Waals surface area contributed by atoms with Gasteiger partial charge in [-0.3, -0.25) is 10.1 Å². The molecule has 8 heteroatoms. The average Bonchev–Trinajstić information content (AvgIpc) is 2.97. The molecule has 0 aliphatic heterocycles. The zero-order valence-electron chi connectivity index (χ0n) is 12.3. The van der Waals surface area contributed by atoms with Gasteiger partial charge in [-0.15, -0.1) is 0 Å². The molecule has 24 heavy (non-hydrogen) atoms. The Bertz CT molecular complexity index is 1100. The molecule has 0 N–H and O–H groups in total. The number of aromatic nitrogens is 2. The van der Waals surface area contributed by atoms with Crippen LogP contribution in [0.25, 0.3) is 38.8 Å². The molecule has 0 spiro atoms. The first kappa shape index (κ1) is 16.0. The Morgan fingerprint density at radius 2 is 1.96 bits per heavy atom. The molecule has 0 bridgehead atoms. The maximum Gasteiger partial charge on any atom is 2.00 e. The monoisotopic (exact) mass is 368 g/mol. The molecule has 0 radical (unpaired) electrons. The number of imidazole rings is 1. The molecule has 2 aromatic heterocycles. The minimum atomic E-state index is -0.487. The van der Waals surface area contributed by atoms with Gasteiger partial charge in [0.25, 0.3) is 5.69 Å². The zero-order chi connectivity index (χ0) is 16.0. The minimum Gasteiger partial charge on any atom is -0.770 e. The average molecular weight is 370 g/mol. The van der Waals surface area contributed by atoms with Crippen molar-refractivity contribution >= 4 is 27.7 Å². The van der Waals surface area contributed by atoms with E-state index in [0.717, 1.165) is 0 Å². The summed E-state index contributed by atoms with van der Waals surface area (Å²) < 4.78 is 5.33. The van der Waals surface area contributed by atoms with E-state index < -0.39 is 4.92 Å². The molecule has 112 valence electrons. The maximum atomic E-state index is 10.9. The summed E-state index contributed by atoms with van der Waals surface area (Å²) >= 11 is 0. The molecule has 2 heterocycles. The molecule has 0 unspecified atom stereocenters. The van der Waals surface area contributed by atoms with Crippen LogP contribution in [0.3, 0.4) is 0 Å². The molecule has 4 rings (SSSR count). The molecule has 4 aromatic rings. The first-order valence-corrected chi connectivity index (χ1v) is 6.76. The van der Waals surface area contributed by atoms with Crippen molar-refractivity contribution in [1.82, 2.24) is 9.97 Å². The Balaban J connectivity index is 0.00000169. The third-order valence-corrected chi connectivity index (χ3v) is 3.52. The summed E-state index contributed by atoms with van der Waals surface area (Å²) in [7, 11) is 0. The minimum absolute atomic E-state index is 0. The number of fused-ring (bicyclic) bond motifs is 2. The Morgan fingerprint density at radius 3 is 2.71 bits per heavy atom. The normalized spacial score (nSPS) is 10.7. The molecule has 0 saturated carbocycles. The topological polar surface area (TPSA) is 106 Å². The number of hydrogen-bond acceptors (Lipinski definition) is 4. The summed E-state index contributed by atoms with van der Waals surface area (Å²) in [5.74, 6) is 0.306. The first-order chi connectivity index (χ1) is 11.1. The molecule has 0 aliphatic rings. The van der Waals surface area contributed by atoms with Crippen LogP contribution in [-0.2, 0) is 19.5 Å². The fraction of sp³-hybridized carbons (Fsp3) is 0. The fourth-order valence-corrected chi connectivity index (χ4v) is 2.42.